The molecule has 2 amide bonds. The molecule has 1 atom stereocenters. The lowest BCUT2D eigenvalue weighted by Gasteiger charge is -2.35. The number of carbonyl (C=O) groups excluding carboxylic acids is 2. The molecule has 0 radical (unpaired) electrons. The largest absolute Gasteiger partial charge is 0.444 e. The Kier molecular flexibility index (Phi) is 6.64. The lowest BCUT2D eigenvalue weighted by molar-refractivity contribution is 0.0244. The van der Waals surface area contributed by atoms with Crippen molar-refractivity contribution in [2.75, 3.05) is 26.7 Å². The number of piperidine rings is 1. The van der Waals surface area contributed by atoms with E-state index in [2.05, 4.69) is 4.57 Å². The first kappa shape index (κ1) is 23.5. The second-order valence-electron chi connectivity index (χ2n) is 10.6. The van der Waals surface area contributed by atoms with Gasteiger partial charge in [0.1, 0.15) is 16.9 Å². The fraction of sp³-hybridized carbons (Fsp3) is 0.680. The van der Waals surface area contributed by atoms with E-state index in [0.717, 1.165) is 67.9 Å². The first-order valence-corrected chi connectivity index (χ1v) is 12.2. The summed E-state index contributed by atoms with van der Waals surface area (Å²) >= 11 is 0. The van der Waals surface area contributed by atoms with Crippen molar-refractivity contribution in [3.8, 4) is 0 Å². The van der Waals surface area contributed by atoms with Gasteiger partial charge in [-0.3, -0.25) is 4.79 Å². The maximum atomic E-state index is 13.6. The van der Waals surface area contributed by atoms with Crippen molar-refractivity contribution in [1.29, 1.82) is 0 Å². The molecular weight excluding hydrogens is 418 g/mol. The summed E-state index contributed by atoms with van der Waals surface area (Å²) in [5.74, 6) is 1.28. The van der Waals surface area contributed by atoms with Crippen LogP contribution in [0.1, 0.15) is 74.8 Å². The number of ether oxygens (including phenoxy) is 1. The van der Waals surface area contributed by atoms with E-state index in [4.69, 9.17) is 14.7 Å². The van der Waals surface area contributed by atoms with Crippen molar-refractivity contribution in [2.24, 2.45) is 5.92 Å². The molecule has 1 saturated heterocycles. The molecule has 0 saturated carbocycles. The van der Waals surface area contributed by atoms with E-state index >= 15 is 0 Å². The van der Waals surface area contributed by atoms with E-state index in [1.165, 1.54) is 6.42 Å². The minimum Gasteiger partial charge on any atom is -0.444 e. The van der Waals surface area contributed by atoms with Crippen molar-refractivity contribution in [3.63, 3.8) is 0 Å². The number of imidazole rings is 1. The molecule has 180 valence electrons. The Labute approximate surface area is 196 Å². The minimum atomic E-state index is -0.521. The molecule has 2 aliphatic rings. The van der Waals surface area contributed by atoms with Crippen molar-refractivity contribution in [1.82, 2.24) is 24.3 Å². The third kappa shape index (κ3) is 5.31. The van der Waals surface area contributed by atoms with Crippen LogP contribution in [-0.2, 0) is 17.7 Å². The Balaban J connectivity index is 1.51. The van der Waals surface area contributed by atoms with Gasteiger partial charge in [-0.05, 0) is 65.4 Å². The highest BCUT2D eigenvalue weighted by molar-refractivity contribution is 6.04. The van der Waals surface area contributed by atoms with Crippen LogP contribution in [0.25, 0.3) is 11.2 Å². The summed E-state index contributed by atoms with van der Waals surface area (Å²) in [6.07, 6.45) is 5.98. The normalized spacial score (nSPS) is 19.2. The van der Waals surface area contributed by atoms with Gasteiger partial charge in [0.2, 0.25) is 0 Å². The Morgan fingerprint density at radius 3 is 2.70 bits per heavy atom. The van der Waals surface area contributed by atoms with Gasteiger partial charge in [0.25, 0.3) is 5.91 Å². The zero-order chi connectivity index (χ0) is 23.8. The SMILES string of the molecule is Cc1cc(C(=O)N2CCCC(CN(C)C(=O)OC(C)(C)C)C2)c2nc3n(c2n1)CCCCC3. The van der Waals surface area contributed by atoms with Crippen molar-refractivity contribution in [2.45, 2.75) is 78.4 Å². The van der Waals surface area contributed by atoms with E-state index in [0.29, 0.717) is 18.7 Å². The van der Waals surface area contributed by atoms with Crippen molar-refractivity contribution >= 4 is 23.2 Å². The Bertz CT molecular complexity index is 1040. The summed E-state index contributed by atoms with van der Waals surface area (Å²) in [5.41, 5.74) is 2.55. The average Bonchev–Trinajstić information content (AvgIpc) is 2.92. The number of fused-ring (bicyclic) bond motifs is 3. The second kappa shape index (κ2) is 9.31. The van der Waals surface area contributed by atoms with Gasteiger partial charge in [-0.1, -0.05) is 6.42 Å². The lowest BCUT2D eigenvalue weighted by Crippen LogP contribution is -2.45. The molecule has 8 nitrogen and oxygen atoms in total. The lowest BCUT2D eigenvalue weighted by atomic mass is 9.97. The fourth-order valence-corrected chi connectivity index (χ4v) is 4.95. The summed E-state index contributed by atoms with van der Waals surface area (Å²) < 4.78 is 7.69. The van der Waals surface area contributed by atoms with Gasteiger partial charge in [0, 0.05) is 45.3 Å². The second-order valence-corrected chi connectivity index (χ2v) is 10.6. The smallest absolute Gasteiger partial charge is 0.410 e. The highest BCUT2D eigenvalue weighted by atomic mass is 16.6. The van der Waals surface area contributed by atoms with Gasteiger partial charge in [-0.25, -0.2) is 14.8 Å². The molecule has 0 spiro atoms. The van der Waals surface area contributed by atoms with Crippen LogP contribution >= 0.6 is 0 Å². The number of aryl methyl sites for hydroxylation is 3. The van der Waals surface area contributed by atoms with Gasteiger partial charge in [-0.15, -0.1) is 0 Å². The summed E-state index contributed by atoms with van der Waals surface area (Å²) in [5, 5.41) is 0. The topological polar surface area (TPSA) is 80.6 Å². The van der Waals surface area contributed by atoms with Crippen LogP contribution in [-0.4, -0.2) is 68.6 Å². The number of hydrogen-bond donors (Lipinski definition) is 0. The van der Waals surface area contributed by atoms with Crippen LogP contribution in [0.15, 0.2) is 6.07 Å². The number of hydrogen-bond acceptors (Lipinski definition) is 5. The molecule has 2 aromatic rings. The van der Waals surface area contributed by atoms with Gasteiger partial charge < -0.3 is 19.1 Å². The van der Waals surface area contributed by atoms with Crippen LogP contribution in [0.4, 0.5) is 4.79 Å². The zero-order valence-corrected chi connectivity index (χ0v) is 20.7. The molecule has 8 heteroatoms. The van der Waals surface area contributed by atoms with E-state index in [9.17, 15) is 9.59 Å². The molecule has 2 aliphatic heterocycles. The van der Waals surface area contributed by atoms with Crippen LogP contribution in [0.5, 0.6) is 0 Å². The van der Waals surface area contributed by atoms with E-state index in [1.807, 2.05) is 38.7 Å². The standard InChI is InChI=1S/C25H37N5O3/c1-17-14-19(21-22(26-17)30-13-8-6-7-11-20(30)27-21)23(31)29-12-9-10-18(16-29)15-28(5)24(32)33-25(2,3)4/h14,18H,6-13,15-16H2,1-5H3. The maximum Gasteiger partial charge on any atom is 0.410 e. The number of carbonyl (C=O) groups is 2. The Morgan fingerprint density at radius 2 is 1.94 bits per heavy atom. The summed E-state index contributed by atoms with van der Waals surface area (Å²) in [6.45, 7) is 10.4. The first-order valence-electron chi connectivity index (χ1n) is 12.2. The number of likely N-dealkylation sites (tertiary alicyclic amines) is 1. The summed E-state index contributed by atoms with van der Waals surface area (Å²) in [4.78, 5) is 39.2. The quantitative estimate of drug-likeness (QED) is 0.693. The van der Waals surface area contributed by atoms with Crippen molar-refractivity contribution in [3.05, 3.63) is 23.1 Å². The number of amides is 2. The van der Waals surface area contributed by atoms with Gasteiger partial charge in [-0.2, -0.15) is 0 Å². The van der Waals surface area contributed by atoms with Crippen LogP contribution in [0.2, 0.25) is 0 Å². The van der Waals surface area contributed by atoms with Crippen molar-refractivity contribution < 1.29 is 14.3 Å². The van der Waals surface area contributed by atoms with Crippen LogP contribution in [0, 0.1) is 12.8 Å². The molecule has 4 heterocycles. The molecule has 1 fully saturated rings. The molecule has 4 rings (SSSR count). The monoisotopic (exact) mass is 455 g/mol. The van der Waals surface area contributed by atoms with Crippen LogP contribution in [0.3, 0.4) is 0 Å². The molecule has 1 unspecified atom stereocenters. The molecule has 0 aliphatic carbocycles. The Morgan fingerprint density at radius 1 is 1.15 bits per heavy atom. The maximum absolute atomic E-state index is 13.6. The van der Waals surface area contributed by atoms with Gasteiger partial charge >= 0.3 is 6.09 Å². The highest BCUT2D eigenvalue weighted by Crippen LogP contribution is 2.27. The molecule has 2 aromatic heterocycles. The van der Waals surface area contributed by atoms with Crippen LogP contribution < -0.4 is 0 Å². The zero-order valence-electron chi connectivity index (χ0n) is 20.7. The number of aromatic nitrogens is 3. The predicted octanol–water partition coefficient (Wildman–Crippen LogP) is 4.19. The molecular formula is C25H37N5O3. The van der Waals surface area contributed by atoms with E-state index in [-0.39, 0.29) is 17.9 Å². The molecule has 0 bridgehead atoms. The fourth-order valence-electron chi connectivity index (χ4n) is 4.95. The predicted molar refractivity (Wildman–Crippen MR) is 127 cm³/mol. The van der Waals surface area contributed by atoms with Gasteiger partial charge in [0.05, 0.1) is 5.56 Å². The van der Waals surface area contributed by atoms with Gasteiger partial charge in [0.15, 0.2) is 5.65 Å². The average molecular weight is 456 g/mol. The highest BCUT2D eigenvalue weighted by Gasteiger charge is 2.30. The first-order chi connectivity index (χ1) is 15.6. The number of nitrogens with zero attached hydrogens (tertiary/aromatic N) is 5. The number of pyridine rings is 1. The number of rotatable bonds is 3. The third-order valence-corrected chi connectivity index (χ3v) is 6.47. The molecule has 0 N–H and O–H groups in total. The third-order valence-electron chi connectivity index (χ3n) is 6.47. The van der Waals surface area contributed by atoms with E-state index < -0.39 is 5.60 Å². The minimum absolute atomic E-state index is 0.0170. The molecule has 0 aromatic carbocycles. The summed E-state index contributed by atoms with van der Waals surface area (Å²) in [6, 6.07) is 1.88. The molecule has 33 heavy (non-hydrogen) atoms. The van der Waals surface area contributed by atoms with E-state index in [1.54, 1.807) is 11.9 Å². The summed E-state index contributed by atoms with van der Waals surface area (Å²) in [7, 11) is 1.77. The Hall–Kier alpha value is -2.64.